The highest BCUT2D eigenvalue weighted by Crippen LogP contribution is 2.39. The van der Waals surface area contributed by atoms with Crippen LogP contribution in [0.3, 0.4) is 0 Å². The lowest BCUT2D eigenvalue weighted by atomic mass is 9.80. The zero-order valence-corrected chi connectivity index (χ0v) is 19.2. The van der Waals surface area contributed by atoms with Gasteiger partial charge in [0.2, 0.25) is 0 Å². The molecule has 3 aromatic carbocycles. The van der Waals surface area contributed by atoms with E-state index in [1.807, 2.05) is 48.5 Å². The van der Waals surface area contributed by atoms with Gasteiger partial charge in [-0.2, -0.15) is 0 Å². The predicted octanol–water partition coefficient (Wildman–Crippen LogP) is 7.13. The van der Waals surface area contributed by atoms with Gasteiger partial charge in [0.05, 0.1) is 0 Å². The molecule has 0 aromatic heterocycles. The van der Waals surface area contributed by atoms with Gasteiger partial charge in [0.1, 0.15) is 5.75 Å². The Morgan fingerprint density at radius 2 is 1.34 bits per heavy atom. The fraction of sp³-hybridized carbons (Fsp3) is 0.308. The zero-order valence-electron chi connectivity index (χ0n) is 18.2. The first-order valence-electron chi connectivity index (χ1n) is 10.1. The van der Waals surface area contributed by atoms with Crippen LogP contribution in [0, 0.1) is 0 Å². The van der Waals surface area contributed by atoms with E-state index in [9.17, 15) is 4.57 Å². The molecule has 3 rings (SSSR count). The second kappa shape index (κ2) is 8.20. The number of hydrogen-bond donors (Lipinski definition) is 0. The van der Waals surface area contributed by atoms with Crippen LogP contribution in [0.2, 0.25) is 0 Å². The molecular formula is C26H31O2P. The summed E-state index contributed by atoms with van der Waals surface area (Å²) < 4.78 is 19.2. The third kappa shape index (κ3) is 5.19. The first-order valence-corrected chi connectivity index (χ1v) is 11.4. The Morgan fingerprint density at radius 3 is 1.97 bits per heavy atom. The summed E-state index contributed by atoms with van der Waals surface area (Å²) in [6.45, 7) is 13.1. The largest absolute Gasteiger partial charge is 0.441 e. The third-order valence-electron chi connectivity index (χ3n) is 5.06. The molecule has 0 aliphatic rings. The van der Waals surface area contributed by atoms with Gasteiger partial charge in [-0.05, 0) is 45.7 Å². The van der Waals surface area contributed by atoms with Crippen LogP contribution < -0.4 is 9.83 Å². The first kappa shape index (κ1) is 21.4. The first-order chi connectivity index (χ1) is 13.6. The van der Waals surface area contributed by atoms with Gasteiger partial charge in [0.15, 0.2) is 0 Å². The van der Waals surface area contributed by atoms with Crippen LogP contribution in [0.5, 0.6) is 5.75 Å². The maximum Gasteiger partial charge on any atom is 0.265 e. The molecule has 0 bridgehead atoms. The van der Waals surface area contributed by atoms with Crippen LogP contribution in [0.1, 0.15) is 52.7 Å². The van der Waals surface area contributed by atoms with E-state index >= 15 is 0 Å². The Bertz CT molecular complexity index is 1010. The minimum absolute atomic E-state index is 0.0494. The lowest BCUT2D eigenvalue weighted by Crippen LogP contribution is -2.17. The maximum absolute atomic E-state index is 13.1. The van der Waals surface area contributed by atoms with E-state index in [0.717, 1.165) is 22.0 Å². The zero-order chi connectivity index (χ0) is 21.2. The van der Waals surface area contributed by atoms with E-state index < -0.39 is 8.03 Å². The monoisotopic (exact) mass is 406 g/mol. The average Bonchev–Trinajstić information content (AvgIpc) is 2.67. The van der Waals surface area contributed by atoms with Gasteiger partial charge in [0, 0.05) is 10.9 Å². The fourth-order valence-electron chi connectivity index (χ4n) is 3.29. The summed E-state index contributed by atoms with van der Waals surface area (Å²) in [7, 11) is -2.43. The van der Waals surface area contributed by atoms with Crippen molar-refractivity contribution in [3.63, 3.8) is 0 Å². The lowest BCUT2D eigenvalue weighted by Gasteiger charge is -2.27. The summed E-state index contributed by atoms with van der Waals surface area (Å²) in [6.07, 6.45) is 0. The molecule has 0 saturated heterocycles. The molecular weight excluding hydrogens is 375 g/mol. The van der Waals surface area contributed by atoms with Gasteiger partial charge >= 0.3 is 0 Å². The number of hydrogen-bond acceptors (Lipinski definition) is 2. The van der Waals surface area contributed by atoms with Crippen molar-refractivity contribution in [1.29, 1.82) is 0 Å². The Kier molecular flexibility index (Phi) is 6.05. The van der Waals surface area contributed by atoms with E-state index in [2.05, 4.69) is 65.8 Å². The van der Waals surface area contributed by atoms with Crippen LogP contribution in [0.15, 0.2) is 72.8 Å². The van der Waals surface area contributed by atoms with Crippen LogP contribution >= 0.6 is 8.03 Å². The molecule has 1 unspecified atom stereocenters. The van der Waals surface area contributed by atoms with Crippen molar-refractivity contribution < 1.29 is 9.09 Å². The van der Waals surface area contributed by atoms with Crippen LogP contribution in [0.25, 0.3) is 11.1 Å². The van der Waals surface area contributed by atoms with Gasteiger partial charge in [-0.15, -0.1) is 0 Å². The predicted molar refractivity (Wildman–Crippen MR) is 125 cm³/mol. The molecule has 3 heteroatoms. The van der Waals surface area contributed by atoms with E-state index in [1.165, 1.54) is 5.56 Å². The number of benzene rings is 3. The molecule has 2 nitrogen and oxygen atoms in total. The highest BCUT2D eigenvalue weighted by Gasteiger charge is 2.24. The molecule has 0 aliphatic carbocycles. The van der Waals surface area contributed by atoms with E-state index in [0.29, 0.717) is 5.75 Å². The molecule has 3 aromatic rings. The van der Waals surface area contributed by atoms with Crippen molar-refractivity contribution in [2.24, 2.45) is 0 Å². The van der Waals surface area contributed by atoms with Gasteiger partial charge in [0.25, 0.3) is 8.03 Å². The Hall–Kier alpha value is -2.31. The lowest BCUT2D eigenvalue weighted by molar-refractivity contribution is 0.492. The smallest absolute Gasteiger partial charge is 0.265 e. The Morgan fingerprint density at radius 1 is 0.690 bits per heavy atom. The summed E-state index contributed by atoms with van der Waals surface area (Å²) in [5.74, 6) is 0.708. The van der Waals surface area contributed by atoms with Crippen molar-refractivity contribution >= 4 is 13.3 Å². The third-order valence-corrected chi connectivity index (χ3v) is 6.25. The van der Waals surface area contributed by atoms with Gasteiger partial charge in [-0.3, -0.25) is 4.57 Å². The van der Waals surface area contributed by atoms with Gasteiger partial charge in [-0.25, -0.2) is 0 Å². The van der Waals surface area contributed by atoms with E-state index in [4.69, 9.17) is 4.52 Å². The average molecular weight is 407 g/mol. The van der Waals surface area contributed by atoms with Gasteiger partial charge < -0.3 is 4.52 Å². The summed E-state index contributed by atoms with van der Waals surface area (Å²) in [6, 6.07) is 24.2. The van der Waals surface area contributed by atoms with Crippen molar-refractivity contribution in [2.75, 3.05) is 0 Å². The molecule has 0 spiro atoms. The minimum Gasteiger partial charge on any atom is -0.441 e. The van der Waals surface area contributed by atoms with Crippen molar-refractivity contribution in [3.8, 4) is 16.9 Å². The van der Waals surface area contributed by atoms with Crippen LogP contribution in [-0.4, -0.2) is 0 Å². The normalized spacial score (nSPS) is 13.2. The standard InChI is InChI=1S/C26H31O2P/c1-25(2,3)21-15-16-24(23(18-21)26(4,5)6)28-29(27)22-14-10-13-20(17-22)19-11-8-7-9-12-19/h7-18,29H,1-6H3. The highest BCUT2D eigenvalue weighted by molar-refractivity contribution is 7.48. The Balaban J connectivity index is 1.93. The van der Waals surface area contributed by atoms with E-state index in [1.54, 1.807) is 0 Å². The molecule has 0 aliphatic heterocycles. The summed E-state index contributed by atoms with van der Waals surface area (Å²) in [5, 5.41) is 0.733. The summed E-state index contributed by atoms with van der Waals surface area (Å²) >= 11 is 0. The molecule has 0 amide bonds. The second-order valence-electron chi connectivity index (χ2n) is 9.55. The topological polar surface area (TPSA) is 26.3 Å². The van der Waals surface area contributed by atoms with Crippen molar-refractivity contribution in [2.45, 2.75) is 52.4 Å². The summed E-state index contributed by atoms with van der Waals surface area (Å²) in [5.41, 5.74) is 4.43. The molecule has 0 N–H and O–H groups in total. The second-order valence-corrected chi connectivity index (χ2v) is 10.9. The van der Waals surface area contributed by atoms with Crippen LogP contribution in [-0.2, 0) is 15.4 Å². The number of rotatable bonds is 4. The maximum atomic E-state index is 13.1. The van der Waals surface area contributed by atoms with Crippen LogP contribution in [0.4, 0.5) is 0 Å². The molecule has 0 fully saturated rings. The minimum atomic E-state index is -2.43. The van der Waals surface area contributed by atoms with E-state index in [-0.39, 0.29) is 10.8 Å². The molecule has 0 heterocycles. The van der Waals surface area contributed by atoms with Crippen molar-refractivity contribution in [3.05, 3.63) is 83.9 Å². The summed E-state index contributed by atoms with van der Waals surface area (Å²) in [4.78, 5) is 0. The SMILES string of the molecule is CC(C)(C)c1ccc(O[PH](=O)c2cccc(-c3ccccc3)c2)c(C(C)(C)C)c1. The Labute approximate surface area is 175 Å². The quantitative estimate of drug-likeness (QED) is 0.431. The molecule has 152 valence electrons. The molecule has 29 heavy (non-hydrogen) atoms. The molecule has 0 saturated carbocycles. The molecule has 1 atom stereocenters. The molecule has 0 radical (unpaired) electrons. The van der Waals surface area contributed by atoms with Gasteiger partial charge in [-0.1, -0.05) is 96.1 Å². The van der Waals surface area contributed by atoms with Crippen molar-refractivity contribution in [1.82, 2.24) is 0 Å². The highest BCUT2D eigenvalue weighted by atomic mass is 31.1. The fourth-order valence-corrected chi connectivity index (χ4v) is 4.29.